The molecule has 2 nitrogen and oxygen atoms in total. The molecule has 4 heteroatoms. The van der Waals surface area contributed by atoms with E-state index in [4.69, 9.17) is 0 Å². The van der Waals surface area contributed by atoms with Crippen molar-refractivity contribution in [3.8, 4) is 0 Å². The largest absolute Gasteiger partial charge is 0.309 e. The third-order valence-electron chi connectivity index (χ3n) is 14.0. The maximum absolute atomic E-state index is 17.4. The van der Waals surface area contributed by atoms with Crippen LogP contribution in [0.5, 0.6) is 0 Å². The highest BCUT2D eigenvalue weighted by Gasteiger charge is 2.38. The summed E-state index contributed by atoms with van der Waals surface area (Å²) < 4.78 is 34.8. The van der Waals surface area contributed by atoms with Crippen LogP contribution in [0.15, 0.2) is 97.1 Å². The van der Waals surface area contributed by atoms with Gasteiger partial charge in [-0.2, -0.15) is 0 Å². The van der Waals surface area contributed by atoms with Crippen molar-refractivity contribution in [1.82, 2.24) is 0 Å². The molecular formula is C62H88O2P2. The summed E-state index contributed by atoms with van der Waals surface area (Å²) in [4.78, 5) is 0. The Morgan fingerprint density at radius 2 is 0.515 bits per heavy atom. The van der Waals surface area contributed by atoms with E-state index in [0.717, 1.165) is 186 Å². The van der Waals surface area contributed by atoms with Crippen LogP contribution in [0.1, 0.15) is 203 Å². The topological polar surface area (TPSA) is 34.1 Å². The molecule has 66 heavy (non-hydrogen) atoms. The molecule has 0 fully saturated rings. The van der Waals surface area contributed by atoms with Crippen molar-refractivity contribution in [3.63, 3.8) is 0 Å². The molecule has 0 saturated heterocycles. The average molecular weight is 927 g/mol. The monoisotopic (exact) mass is 927 g/mol. The molecule has 0 amide bonds. The van der Waals surface area contributed by atoms with Gasteiger partial charge in [0.2, 0.25) is 0 Å². The van der Waals surface area contributed by atoms with Crippen LogP contribution in [0.2, 0.25) is 0 Å². The Hall–Kier alpha value is -3.44. The van der Waals surface area contributed by atoms with E-state index in [1.165, 1.54) is 44.5 Å². The van der Waals surface area contributed by atoms with Gasteiger partial charge in [0.1, 0.15) is 0 Å². The molecule has 0 aromatic heterocycles. The van der Waals surface area contributed by atoms with Crippen molar-refractivity contribution in [1.29, 1.82) is 0 Å². The Morgan fingerprint density at radius 3 is 0.742 bits per heavy atom. The lowest BCUT2D eigenvalue weighted by Gasteiger charge is -2.29. The smallest absolute Gasteiger partial charge is 0.171 e. The van der Waals surface area contributed by atoms with Gasteiger partial charge in [-0.15, -0.1) is 0 Å². The van der Waals surface area contributed by atoms with Crippen LogP contribution in [0.3, 0.4) is 0 Å². The van der Waals surface area contributed by atoms with E-state index in [2.05, 4.69) is 152 Å². The van der Waals surface area contributed by atoms with Gasteiger partial charge in [0.05, 0.1) is 0 Å². The van der Waals surface area contributed by atoms with Crippen molar-refractivity contribution >= 4 is 46.1 Å². The molecule has 358 valence electrons. The summed E-state index contributed by atoms with van der Waals surface area (Å²) in [5.41, 5.74) is 10.2. The molecule has 0 saturated carbocycles. The van der Waals surface area contributed by atoms with Gasteiger partial charge in [0, 0.05) is 31.8 Å². The predicted molar refractivity (Wildman–Crippen MR) is 294 cm³/mol. The van der Waals surface area contributed by atoms with E-state index in [1.807, 2.05) is 0 Å². The van der Waals surface area contributed by atoms with Gasteiger partial charge in [-0.25, -0.2) is 0 Å². The Kier molecular flexibility index (Phi) is 22.3. The lowest BCUT2D eigenvalue weighted by molar-refractivity contribution is 0.591. The first-order valence-electron chi connectivity index (χ1n) is 27.0. The molecule has 5 aromatic rings. The second-order valence-corrected chi connectivity index (χ2v) is 24.8. The maximum Gasteiger partial charge on any atom is 0.171 e. The second-order valence-electron chi connectivity index (χ2n) is 19.4. The number of benzene rings is 5. The molecule has 0 N–H and O–H groups in total. The van der Waals surface area contributed by atoms with Crippen molar-refractivity contribution in [2.75, 3.05) is 0 Å². The molecule has 0 bridgehead atoms. The van der Waals surface area contributed by atoms with E-state index in [0.29, 0.717) is 0 Å². The first-order chi connectivity index (χ1) is 32.2. The minimum Gasteiger partial charge on any atom is -0.309 e. The van der Waals surface area contributed by atoms with E-state index in [9.17, 15) is 0 Å². The van der Waals surface area contributed by atoms with Crippen molar-refractivity contribution in [2.45, 2.75) is 209 Å². The molecule has 0 unspecified atom stereocenters. The molecule has 0 aliphatic carbocycles. The summed E-state index contributed by atoms with van der Waals surface area (Å²) in [6.07, 6.45) is 25.3. The summed E-state index contributed by atoms with van der Waals surface area (Å²) in [5, 5.41) is 5.49. The molecule has 0 heterocycles. The van der Waals surface area contributed by atoms with Gasteiger partial charge in [-0.3, -0.25) is 0 Å². The van der Waals surface area contributed by atoms with Crippen LogP contribution >= 0.6 is 14.3 Å². The van der Waals surface area contributed by atoms with E-state index < -0.39 is 14.3 Å². The minimum absolute atomic E-state index is 0.808. The van der Waals surface area contributed by atoms with Crippen molar-refractivity contribution in [2.24, 2.45) is 0 Å². The lowest BCUT2D eigenvalue weighted by Crippen LogP contribution is -2.34. The third kappa shape index (κ3) is 13.4. The minimum atomic E-state index is -3.52. The number of rotatable bonds is 30. The fourth-order valence-corrected chi connectivity index (χ4v) is 16.3. The molecule has 5 rings (SSSR count). The Bertz CT molecular complexity index is 2060. The van der Waals surface area contributed by atoms with Crippen molar-refractivity contribution in [3.05, 3.63) is 142 Å². The molecule has 0 spiro atoms. The number of aryl methyl sites for hydroxylation is 8. The van der Waals surface area contributed by atoms with E-state index >= 15 is 9.13 Å². The van der Waals surface area contributed by atoms with Gasteiger partial charge in [0.25, 0.3) is 0 Å². The standard InChI is InChI=1S/C62H88O2P2/c1-9-17-26-49-36-40-59(53(44-49)30-21-13-5)65(63,60-41-37-50(27-18-10-2)45-54(60)31-22-14-6)57-34-25-35-58(48-57)66(64,61-42-38-51(28-19-11-3)46-55(61)32-23-15-7)62-43-39-52(29-20-12-4)47-56(62)33-24-16-8/h25,34-48H,9-24,26-33H2,1-8H3. The predicted octanol–water partition coefficient (Wildman–Crippen LogP) is 15.7. The number of hydrogen-bond donors (Lipinski definition) is 0. The summed E-state index contributed by atoms with van der Waals surface area (Å²) >= 11 is 0. The van der Waals surface area contributed by atoms with Crippen LogP contribution < -0.4 is 31.8 Å². The van der Waals surface area contributed by atoms with Crippen LogP contribution in [-0.4, -0.2) is 0 Å². The van der Waals surface area contributed by atoms with Crippen LogP contribution in [0, 0.1) is 0 Å². The summed E-state index contributed by atoms with van der Waals surface area (Å²) in [5.74, 6) is 0. The summed E-state index contributed by atoms with van der Waals surface area (Å²) in [6, 6.07) is 36.1. The molecule has 0 radical (unpaired) electrons. The van der Waals surface area contributed by atoms with Gasteiger partial charge < -0.3 is 9.13 Å². The SMILES string of the molecule is CCCCc1ccc(P(=O)(c2cccc(P(=O)(c3ccc(CCCC)cc3CCCC)c3ccc(CCCC)cc3CCCC)c2)c2ccc(CCCC)cc2CCCC)c(CCCC)c1. The molecule has 0 aliphatic rings. The highest BCUT2D eigenvalue weighted by molar-refractivity contribution is 7.87. The van der Waals surface area contributed by atoms with Crippen LogP contribution in [-0.2, 0) is 60.5 Å². The average Bonchev–Trinajstić information content (AvgIpc) is 3.35. The number of hydrogen-bond acceptors (Lipinski definition) is 2. The number of unbranched alkanes of at least 4 members (excludes halogenated alkanes) is 8. The zero-order valence-corrected chi connectivity index (χ0v) is 44.7. The van der Waals surface area contributed by atoms with Crippen molar-refractivity contribution < 1.29 is 9.13 Å². The van der Waals surface area contributed by atoms with E-state index in [-0.39, 0.29) is 0 Å². The molecule has 0 atom stereocenters. The van der Waals surface area contributed by atoms with Gasteiger partial charge in [0.15, 0.2) is 14.3 Å². The molecule has 0 aliphatic heterocycles. The second kappa shape index (κ2) is 27.5. The Balaban J connectivity index is 1.91. The first-order valence-corrected chi connectivity index (χ1v) is 30.4. The fourth-order valence-electron chi connectivity index (χ4n) is 9.90. The highest BCUT2D eigenvalue weighted by Crippen LogP contribution is 2.49. The zero-order valence-electron chi connectivity index (χ0n) is 42.9. The molecule has 5 aromatic carbocycles. The molecular weight excluding hydrogens is 839 g/mol. The Morgan fingerprint density at radius 1 is 0.288 bits per heavy atom. The summed E-state index contributed by atoms with van der Waals surface area (Å²) in [7, 11) is -7.05. The van der Waals surface area contributed by atoms with Crippen LogP contribution in [0.25, 0.3) is 0 Å². The highest BCUT2D eigenvalue weighted by atomic mass is 31.2. The zero-order chi connectivity index (χ0) is 47.4. The van der Waals surface area contributed by atoms with Crippen LogP contribution in [0.4, 0.5) is 0 Å². The quantitative estimate of drug-likeness (QED) is 0.0430. The summed E-state index contributed by atoms with van der Waals surface area (Å²) in [6.45, 7) is 18.1. The van der Waals surface area contributed by atoms with Gasteiger partial charge in [-0.1, -0.05) is 198 Å². The first kappa shape index (κ1) is 53.5. The fraction of sp³-hybridized carbons (Fsp3) is 0.516. The lowest BCUT2D eigenvalue weighted by atomic mass is 10.0. The van der Waals surface area contributed by atoms with E-state index in [1.54, 1.807) is 0 Å². The Labute approximate surface area is 404 Å². The van der Waals surface area contributed by atoms with Gasteiger partial charge >= 0.3 is 0 Å². The third-order valence-corrected chi connectivity index (χ3v) is 20.4. The maximum atomic E-state index is 17.4. The van der Waals surface area contributed by atoms with Gasteiger partial charge in [-0.05, 0) is 153 Å². The normalized spacial score (nSPS) is 12.0.